The second-order valence-electron chi connectivity index (χ2n) is 5.32. The first-order chi connectivity index (χ1) is 9.56. The van der Waals surface area contributed by atoms with Gasteiger partial charge in [-0.25, -0.2) is 0 Å². The van der Waals surface area contributed by atoms with Crippen LogP contribution in [0.5, 0.6) is 0 Å². The fourth-order valence-electron chi connectivity index (χ4n) is 2.23. The zero-order valence-electron chi connectivity index (χ0n) is 12.6. The number of carbonyl (C=O) groups is 1. The topological polar surface area (TPSA) is 58.4 Å². The number of aryl methyl sites for hydroxylation is 1. The van der Waals surface area contributed by atoms with Crippen molar-refractivity contribution in [1.29, 1.82) is 0 Å². The van der Waals surface area contributed by atoms with E-state index in [2.05, 4.69) is 22.3 Å². The summed E-state index contributed by atoms with van der Waals surface area (Å²) >= 11 is 2.02. The van der Waals surface area contributed by atoms with E-state index in [0.29, 0.717) is 0 Å². The molecular formula is C15H24ClN3OS. The molecule has 1 aromatic carbocycles. The van der Waals surface area contributed by atoms with Crippen molar-refractivity contribution in [3.05, 3.63) is 29.3 Å². The fraction of sp³-hybridized carbons (Fsp3) is 0.533. The average Bonchev–Trinajstić information content (AvgIpc) is 2.42. The maximum absolute atomic E-state index is 11.6. The van der Waals surface area contributed by atoms with Gasteiger partial charge in [0.1, 0.15) is 0 Å². The molecule has 21 heavy (non-hydrogen) atoms. The number of hydrogen-bond acceptors (Lipinski definition) is 4. The SMILES string of the molecule is Cc1cc(CN2CCSCC2)ccc1NC(=O)C(C)N.Cl. The van der Waals surface area contributed by atoms with Crippen LogP contribution in [0, 0.1) is 6.92 Å². The Labute approximate surface area is 137 Å². The molecular weight excluding hydrogens is 306 g/mol. The molecule has 1 saturated heterocycles. The molecule has 2 rings (SSSR count). The Morgan fingerprint density at radius 3 is 2.67 bits per heavy atom. The van der Waals surface area contributed by atoms with E-state index in [4.69, 9.17) is 5.73 Å². The molecule has 0 bridgehead atoms. The van der Waals surface area contributed by atoms with Gasteiger partial charge in [-0.3, -0.25) is 9.69 Å². The zero-order chi connectivity index (χ0) is 14.5. The van der Waals surface area contributed by atoms with Gasteiger partial charge in [-0.15, -0.1) is 12.4 Å². The van der Waals surface area contributed by atoms with Crippen molar-refractivity contribution in [1.82, 2.24) is 4.90 Å². The molecule has 1 amide bonds. The third-order valence-electron chi connectivity index (χ3n) is 3.47. The lowest BCUT2D eigenvalue weighted by atomic mass is 10.1. The van der Waals surface area contributed by atoms with E-state index in [0.717, 1.165) is 30.9 Å². The first-order valence-corrected chi connectivity index (χ1v) is 8.18. The lowest BCUT2D eigenvalue weighted by Gasteiger charge is -2.26. The van der Waals surface area contributed by atoms with E-state index < -0.39 is 6.04 Å². The van der Waals surface area contributed by atoms with Crippen LogP contribution in [0.15, 0.2) is 18.2 Å². The minimum atomic E-state index is -0.486. The Kier molecular flexibility index (Phi) is 7.52. The summed E-state index contributed by atoms with van der Waals surface area (Å²) in [6.45, 7) is 7.02. The van der Waals surface area contributed by atoms with E-state index in [1.807, 2.05) is 24.8 Å². The quantitative estimate of drug-likeness (QED) is 0.889. The van der Waals surface area contributed by atoms with Crippen molar-refractivity contribution in [3.63, 3.8) is 0 Å². The highest BCUT2D eigenvalue weighted by molar-refractivity contribution is 7.99. The number of thioether (sulfide) groups is 1. The first kappa shape index (κ1) is 18.3. The lowest BCUT2D eigenvalue weighted by Crippen LogP contribution is -2.33. The minimum Gasteiger partial charge on any atom is -0.325 e. The predicted molar refractivity (Wildman–Crippen MR) is 93.3 cm³/mol. The highest BCUT2D eigenvalue weighted by Crippen LogP contribution is 2.19. The van der Waals surface area contributed by atoms with Crippen LogP contribution in [0.4, 0.5) is 5.69 Å². The van der Waals surface area contributed by atoms with E-state index in [1.165, 1.54) is 17.1 Å². The van der Waals surface area contributed by atoms with Crippen molar-refractivity contribution < 1.29 is 4.79 Å². The molecule has 6 heteroatoms. The minimum absolute atomic E-state index is 0. The number of rotatable bonds is 4. The maximum Gasteiger partial charge on any atom is 0.241 e. The van der Waals surface area contributed by atoms with Gasteiger partial charge in [0.2, 0.25) is 5.91 Å². The number of nitrogens with one attached hydrogen (secondary N) is 1. The molecule has 118 valence electrons. The van der Waals surface area contributed by atoms with Crippen LogP contribution in [0.25, 0.3) is 0 Å². The van der Waals surface area contributed by atoms with Gasteiger partial charge in [0.25, 0.3) is 0 Å². The van der Waals surface area contributed by atoms with Crippen LogP contribution in [-0.4, -0.2) is 41.4 Å². The molecule has 4 nitrogen and oxygen atoms in total. The van der Waals surface area contributed by atoms with Gasteiger partial charge < -0.3 is 11.1 Å². The number of carbonyl (C=O) groups excluding carboxylic acids is 1. The maximum atomic E-state index is 11.6. The average molecular weight is 330 g/mol. The molecule has 0 aliphatic carbocycles. The molecule has 0 aromatic heterocycles. The van der Waals surface area contributed by atoms with Gasteiger partial charge in [0.05, 0.1) is 6.04 Å². The monoisotopic (exact) mass is 329 g/mol. The molecule has 0 spiro atoms. The van der Waals surface area contributed by atoms with E-state index in [1.54, 1.807) is 6.92 Å². The highest BCUT2D eigenvalue weighted by Gasteiger charge is 2.12. The summed E-state index contributed by atoms with van der Waals surface area (Å²) in [6, 6.07) is 5.73. The van der Waals surface area contributed by atoms with Crippen LogP contribution in [-0.2, 0) is 11.3 Å². The summed E-state index contributed by atoms with van der Waals surface area (Å²) in [5.74, 6) is 2.30. The lowest BCUT2D eigenvalue weighted by molar-refractivity contribution is -0.117. The van der Waals surface area contributed by atoms with Crippen LogP contribution in [0.1, 0.15) is 18.1 Å². The summed E-state index contributed by atoms with van der Waals surface area (Å²) < 4.78 is 0. The molecule has 1 heterocycles. The molecule has 1 fully saturated rings. The summed E-state index contributed by atoms with van der Waals surface area (Å²) in [5.41, 5.74) is 8.80. The summed E-state index contributed by atoms with van der Waals surface area (Å²) in [4.78, 5) is 14.1. The van der Waals surface area contributed by atoms with Gasteiger partial charge in [-0.1, -0.05) is 12.1 Å². The second-order valence-corrected chi connectivity index (χ2v) is 6.54. The number of anilines is 1. The molecule has 0 saturated carbocycles. The van der Waals surface area contributed by atoms with Gasteiger partial charge in [-0.05, 0) is 31.0 Å². The summed E-state index contributed by atoms with van der Waals surface area (Å²) in [5, 5.41) is 2.86. The Morgan fingerprint density at radius 1 is 1.43 bits per heavy atom. The number of hydrogen-bond donors (Lipinski definition) is 2. The Balaban J connectivity index is 0.00000220. The van der Waals surface area contributed by atoms with Crippen molar-refractivity contribution in [2.24, 2.45) is 5.73 Å². The molecule has 1 aromatic rings. The van der Waals surface area contributed by atoms with Gasteiger partial charge in [0, 0.05) is 36.8 Å². The van der Waals surface area contributed by atoms with Crippen LogP contribution in [0.2, 0.25) is 0 Å². The van der Waals surface area contributed by atoms with Gasteiger partial charge in [-0.2, -0.15) is 11.8 Å². The summed E-state index contributed by atoms with van der Waals surface area (Å²) in [6.07, 6.45) is 0. The number of halogens is 1. The van der Waals surface area contributed by atoms with E-state index in [-0.39, 0.29) is 18.3 Å². The molecule has 1 aliphatic heterocycles. The second kappa shape index (κ2) is 8.63. The number of benzene rings is 1. The summed E-state index contributed by atoms with van der Waals surface area (Å²) in [7, 11) is 0. The molecule has 3 N–H and O–H groups in total. The van der Waals surface area contributed by atoms with Gasteiger partial charge in [0.15, 0.2) is 0 Å². The van der Waals surface area contributed by atoms with E-state index in [9.17, 15) is 4.79 Å². The largest absolute Gasteiger partial charge is 0.325 e. The number of amides is 1. The fourth-order valence-corrected chi connectivity index (χ4v) is 3.21. The number of nitrogens with two attached hydrogens (primary N) is 1. The van der Waals surface area contributed by atoms with Crippen LogP contribution >= 0.6 is 24.2 Å². The predicted octanol–water partition coefficient (Wildman–Crippen LogP) is 2.25. The highest BCUT2D eigenvalue weighted by atomic mass is 35.5. The zero-order valence-corrected chi connectivity index (χ0v) is 14.2. The van der Waals surface area contributed by atoms with Crippen LogP contribution < -0.4 is 11.1 Å². The Hall–Kier alpha value is -0.750. The Morgan fingerprint density at radius 2 is 2.10 bits per heavy atom. The van der Waals surface area contributed by atoms with Crippen molar-refractivity contribution >= 4 is 35.8 Å². The molecule has 0 radical (unpaired) electrons. The smallest absolute Gasteiger partial charge is 0.241 e. The van der Waals surface area contributed by atoms with Gasteiger partial charge >= 0.3 is 0 Å². The normalized spacial score (nSPS) is 16.9. The van der Waals surface area contributed by atoms with Crippen molar-refractivity contribution in [3.8, 4) is 0 Å². The van der Waals surface area contributed by atoms with Crippen molar-refractivity contribution in [2.45, 2.75) is 26.4 Å². The molecule has 1 unspecified atom stereocenters. The molecule has 1 atom stereocenters. The third-order valence-corrected chi connectivity index (χ3v) is 4.41. The first-order valence-electron chi connectivity index (χ1n) is 7.02. The van der Waals surface area contributed by atoms with E-state index >= 15 is 0 Å². The third kappa shape index (κ3) is 5.51. The molecule has 1 aliphatic rings. The Bertz CT molecular complexity index is 476. The number of nitrogens with zero attached hydrogens (tertiary/aromatic N) is 1. The van der Waals surface area contributed by atoms with Crippen molar-refractivity contribution in [2.75, 3.05) is 29.9 Å². The van der Waals surface area contributed by atoms with Crippen LogP contribution in [0.3, 0.4) is 0 Å². The standard InChI is InChI=1S/C15H23N3OS.ClH/c1-11-9-13(10-18-5-7-20-8-6-18)3-4-14(11)17-15(19)12(2)16;/h3-4,9,12H,5-8,10,16H2,1-2H3,(H,17,19);1H.